The number of rotatable bonds is 4. The molecule has 4 rings (SSSR count). The zero-order valence-electron chi connectivity index (χ0n) is 11.8. The van der Waals surface area contributed by atoms with E-state index in [-0.39, 0.29) is 6.10 Å². The number of aromatic nitrogens is 3. The number of benzene rings is 1. The number of para-hydroxylation sites is 1. The van der Waals surface area contributed by atoms with Gasteiger partial charge < -0.3 is 15.0 Å². The van der Waals surface area contributed by atoms with Crippen molar-refractivity contribution in [1.29, 1.82) is 0 Å². The first kappa shape index (κ1) is 13.9. The van der Waals surface area contributed by atoms with E-state index in [1.165, 1.54) is 4.70 Å². The molecule has 22 heavy (non-hydrogen) atoms. The van der Waals surface area contributed by atoms with Gasteiger partial charge in [0, 0.05) is 19.6 Å². The summed E-state index contributed by atoms with van der Waals surface area (Å²) < 4.78 is 7.03. The molecule has 0 aliphatic carbocycles. The third kappa shape index (κ3) is 2.90. The van der Waals surface area contributed by atoms with E-state index in [0.29, 0.717) is 6.61 Å². The van der Waals surface area contributed by atoms with Crippen LogP contribution in [0, 0.1) is 0 Å². The largest absolute Gasteiger partial charge is 0.373 e. The maximum atomic E-state index is 5.83. The number of anilines is 2. The molecule has 0 saturated carbocycles. The molecule has 0 spiro atoms. The number of ether oxygens (including phenoxy) is 1. The Balaban J connectivity index is 1.38. The van der Waals surface area contributed by atoms with Gasteiger partial charge in [0.25, 0.3) is 0 Å². The van der Waals surface area contributed by atoms with E-state index in [2.05, 4.69) is 31.5 Å². The fraction of sp³-hybridized carbons (Fsp3) is 0.357. The van der Waals surface area contributed by atoms with Gasteiger partial charge in [0.05, 0.1) is 22.9 Å². The minimum Gasteiger partial charge on any atom is -0.373 e. The number of hydrogen-bond acceptors (Lipinski definition) is 8. The van der Waals surface area contributed by atoms with Crippen molar-refractivity contribution < 1.29 is 4.74 Å². The van der Waals surface area contributed by atoms with Crippen LogP contribution in [0.5, 0.6) is 0 Å². The van der Waals surface area contributed by atoms with Gasteiger partial charge in [0.15, 0.2) is 5.13 Å². The van der Waals surface area contributed by atoms with Gasteiger partial charge in [-0.1, -0.05) is 34.8 Å². The van der Waals surface area contributed by atoms with E-state index >= 15 is 0 Å². The molecule has 1 saturated heterocycles. The Labute approximate surface area is 135 Å². The van der Waals surface area contributed by atoms with Gasteiger partial charge in [-0.05, 0) is 12.1 Å². The second kappa shape index (κ2) is 6.15. The molecule has 1 unspecified atom stereocenters. The molecule has 114 valence electrons. The molecule has 1 aliphatic rings. The van der Waals surface area contributed by atoms with Crippen LogP contribution >= 0.6 is 22.7 Å². The van der Waals surface area contributed by atoms with Crippen molar-refractivity contribution in [1.82, 2.24) is 15.2 Å². The van der Waals surface area contributed by atoms with Crippen LogP contribution in [-0.4, -0.2) is 47.5 Å². The van der Waals surface area contributed by atoms with Crippen LogP contribution in [0.4, 0.5) is 10.3 Å². The minimum absolute atomic E-state index is 0.129. The molecule has 8 heteroatoms. The Bertz CT molecular complexity index is 712. The second-order valence-corrected chi connectivity index (χ2v) is 6.87. The maximum Gasteiger partial charge on any atom is 0.208 e. The summed E-state index contributed by atoms with van der Waals surface area (Å²) in [6.07, 6.45) is 0.129. The molecule has 3 heterocycles. The monoisotopic (exact) mass is 333 g/mol. The average Bonchev–Trinajstić information content (AvgIpc) is 3.22. The fourth-order valence-corrected chi connectivity index (χ4v) is 3.94. The fourth-order valence-electron chi connectivity index (χ4n) is 2.47. The normalized spacial score (nSPS) is 18.7. The quantitative estimate of drug-likeness (QED) is 0.791. The number of hydrogen-bond donors (Lipinski definition) is 1. The standard InChI is InChI=1S/C14H15N5OS2/c1-2-4-12-11(3-1)17-13(22-12)15-7-10-8-19(5-6-20-10)14-18-16-9-21-14/h1-4,9-10H,5-8H2,(H,15,17). The molecule has 1 aliphatic heterocycles. The van der Waals surface area contributed by atoms with E-state index in [0.717, 1.165) is 35.4 Å². The van der Waals surface area contributed by atoms with Crippen molar-refractivity contribution in [2.75, 3.05) is 36.5 Å². The zero-order chi connectivity index (χ0) is 14.8. The molecule has 6 nitrogen and oxygen atoms in total. The predicted octanol–water partition coefficient (Wildman–Crippen LogP) is 2.47. The van der Waals surface area contributed by atoms with Gasteiger partial charge in [-0.25, -0.2) is 4.98 Å². The molecule has 0 amide bonds. The van der Waals surface area contributed by atoms with Gasteiger partial charge in [0.1, 0.15) is 5.51 Å². The Kier molecular flexibility index (Phi) is 3.88. The molecule has 0 radical (unpaired) electrons. The molecule has 2 aromatic heterocycles. The van der Waals surface area contributed by atoms with Gasteiger partial charge >= 0.3 is 0 Å². The minimum atomic E-state index is 0.129. The smallest absolute Gasteiger partial charge is 0.208 e. The van der Waals surface area contributed by atoms with Crippen molar-refractivity contribution in [3.63, 3.8) is 0 Å². The Hall–Kier alpha value is -1.77. The highest BCUT2D eigenvalue weighted by atomic mass is 32.1. The third-order valence-corrected chi connectivity index (χ3v) is 5.28. The lowest BCUT2D eigenvalue weighted by Gasteiger charge is -2.32. The van der Waals surface area contributed by atoms with E-state index in [9.17, 15) is 0 Å². The summed E-state index contributed by atoms with van der Waals surface area (Å²) in [6, 6.07) is 8.17. The SMILES string of the molecule is c1ccc2sc(NCC3CN(c4nncs4)CCO3)nc2c1. The summed E-state index contributed by atoms with van der Waals surface area (Å²) in [4.78, 5) is 6.81. The first-order valence-electron chi connectivity index (χ1n) is 7.10. The lowest BCUT2D eigenvalue weighted by atomic mass is 10.3. The van der Waals surface area contributed by atoms with Crippen LogP contribution in [0.25, 0.3) is 10.2 Å². The number of nitrogens with one attached hydrogen (secondary N) is 1. The molecular weight excluding hydrogens is 318 g/mol. The van der Waals surface area contributed by atoms with Crippen molar-refractivity contribution in [3.8, 4) is 0 Å². The van der Waals surface area contributed by atoms with Crippen molar-refractivity contribution in [3.05, 3.63) is 29.8 Å². The lowest BCUT2D eigenvalue weighted by Crippen LogP contribution is -2.45. The van der Waals surface area contributed by atoms with Gasteiger partial charge in [-0.15, -0.1) is 10.2 Å². The first-order valence-corrected chi connectivity index (χ1v) is 8.80. The summed E-state index contributed by atoms with van der Waals surface area (Å²) in [5.74, 6) is 0. The molecular formula is C14H15N5OS2. The zero-order valence-corrected chi connectivity index (χ0v) is 13.4. The third-order valence-electron chi connectivity index (χ3n) is 3.53. The lowest BCUT2D eigenvalue weighted by molar-refractivity contribution is 0.0492. The van der Waals surface area contributed by atoms with Crippen LogP contribution in [0.2, 0.25) is 0 Å². The summed E-state index contributed by atoms with van der Waals surface area (Å²) in [5.41, 5.74) is 2.80. The summed E-state index contributed by atoms with van der Waals surface area (Å²) in [6.45, 7) is 3.15. The summed E-state index contributed by atoms with van der Waals surface area (Å²) in [5, 5.41) is 13.3. The topological polar surface area (TPSA) is 63.2 Å². The highest BCUT2D eigenvalue weighted by Gasteiger charge is 2.22. The van der Waals surface area contributed by atoms with Crippen LogP contribution in [0.3, 0.4) is 0 Å². The highest BCUT2D eigenvalue weighted by Crippen LogP contribution is 2.25. The Morgan fingerprint density at radius 2 is 2.32 bits per heavy atom. The molecule has 1 N–H and O–H groups in total. The maximum absolute atomic E-state index is 5.83. The highest BCUT2D eigenvalue weighted by molar-refractivity contribution is 7.22. The van der Waals surface area contributed by atoms with E-state index in [1.807, 2.05) is 18.2 Å². The van der Waals surface area contributed by atoms with Gasteiger partial charge in [-0.3, -0.25) is 0 Å². The van der Waals surface area contributed by atoms with Crippen LogP contribution in [0.15, 0.2) is 29.8 Å². The number of nitrogens with zero attached hydrogens (tertiary/aromatic N) is 4. The second-order valence-electron chi connectivity index (χ2n) is 5.03. The Morgan fingerprint density at radius 3 is 3.18 bits per heavy atom. The number of fused-ring (bicyclic) bond motifs is 1. The molecule has 1 atom stereocenters. The summed E-state index contributed by atoms with van der Waals surface area (Å²) in [7, 11) is 0. The average molecular weight is 333 g/mol. The van der Waals surface area contributed by atoms with Gasteiger partial charge in [-0.2, -0.15) is 0 Å². The predicted molar refractivity (Wildman–Crippen MR) is 90.0 cm³/mol. The Morgan fingerprint density at radius 1 is 1.36 bits per heavy atom. The first-order chi connectivity index (χ1) is 10.9. The molecule has 1 aromatic carbocycles. The van der Waals surface area contributed by atoms with Crippen molar-refractivity contribution >= 4 is 43.2 Å². The molecule has 0 bridgehead atoms. The van der Waals surface area contributed by atoms with Crippen LogP contribution < -0.4 is 10.2 Å². The van der Waals surface area contributed by atoms with Crippen LogP contribution in [-0.2, 0) is 4.74 Å². The summed E-state index contributed by atoms with van der Waals surface area (Å²) >= 11 is 3.24. The van der Waals surface area contributed by atoms with Crippen molar-refractivity contribution in [2.45, 2.75) is 6.10 Å². The number of morpholine rings is 1. The van der Waals surface area contributed by atoms with E-state index in [4.69, 9.17) is 4.74 Å². The van der Waals surface area contributed by atoms with E-state index in [1.54, 1.807) is 28.2 Å². The molecule has 3 aromatic rings. The number of thiazole rings is 1. The van der Waals surface area contributed by atoms with E-state index < -0.39 is 0 Å². The molecule has 1 fully saturated rings. The van der Waals surface area contributed by atoms with Crippen molar-refractivity contribution in [2.24, 2.45) is 0 Å². The van der Waals surface area contributed by atoms with Gasteiger partial charge in [0.2, 0.25) is 5.13 Å². The van der Waals surface area contributed by atoms with Crippen LogP contribution in [0.1, 0.15) is 0 Å².